The summed E-state index contributed by atoms with van der Waals surface area (Å²) >= 11 is 0. The second-order valence-corrected chi connectivity index (χ2v) is 8.07. The molecule has 0 amide bonds. The maximum atomic E-state index is 10.5. The molecule has 3 fully saturated rings. The molecule has 3 aliphatic rings. The van der Waals surface area contributed by atoms with E-state index >= 15 is 0 Å². The molecule has 2 aliphatic heterocycles. The Morgan fingerprint density at radius 1 is 0.960 bits per heavy atom. The summed E-state index contributed by atoms with van der Waals surface area (Å²) < 4.78 is 5.98. The van der Waals surface area contributed by atoms with E-state index in [1.165, 1.54) is 50.6 Å². The van der Waals surface area contributed by atoms with Crippen molar-refractivity contribution >= 4 is 5.69 Å². The molecule has 3 atom stereocenters. The molecule has 138 valence electrons. The Bertz CT molecular complexity index is 518. The number of para-hydroxylation sites is 1. The minimum absolute atomic E-state index is 0.353. The molecule has 1 aliphatic carbocycles. The lowest BCUT2D eigenvalue weighted by Gasteiger charge is -2.43. The van der Waals surface area contributed by atoms with Crippen LogP contribution < -0.4 is 4.90 Å². The van der Waals surface area contributed by atoms with E-state index in [0.717, 1.165) is 19.6 Å². The van der Waals surface area contributed by atoms with Gasteiger partial charge in [-0.05, 0) is 37.8 Å². The normalized spacial score (nSPS) is 29.1. The predicted molar refractivity (Wildman–Crippen MR) is 101 cm³/mol. The van der Waals surface area contributed by atoms with Gasteiger partial charge < -0.3 is 14.7 Å². The lowest BCUT2D eigenvalue weighted by Crippen LogP contribution is -2.56. The number of fused-ring (bicyclic) bond motifs is 2. The van der Waals surface area contributed by atoms with Crippen molar-refractivity contribution in [3.8, 4) is 0 Å². The zero-order valence-electron chi connectivity index (χ0n) is 15.2. The van der Waals surface area contributed by atoms with E-state index in [1.54, 1.807) is 0 Å². The maximum Gasteiger partial charge on any atom is 0.0900 e. The first-order chi connectivity index (χ1) is 12.3. The smallest absolute Gasteiger partial charge is 0.0900 e. The van der Waals surface area contributed by atoms with Crippen molar-refractivity contribution in [1.82, 2.24) is 4.90 Å². The number of aliphatic hydroxyl groups excluding tert-OH is 1. The first-order valence-corrected chi connectivity index (χ1v) is 10.1. The Labute approximate surface area is 151 Å². The molecule has 0 aromatic heterocycles. The zero-order valence-corrected chi connectivity index (χ0v) is 15.2. The highest BCUT2D eigenvalue weighted by Crippen LogP contribution is 2.32. The number of hydrogen-bond donors (Lipinski definition) is 1. The van der Waals surface area contributed by atoms with Crippen LogP contribution in [0.15, 0.2) is 30.3 Å². The average molecular weight is 344 g/mol. The van der Waals surface area contributed by atoms with E-state index in [9.17, 15) is 5.11 Å². The molecule has 1 aromatic rings. The van der Waals surface area contributed by atoms with Gasteiger partial charge in [0.1, 0.15) is 0 Å². The molecular formula is C21H32N2O2. The molecule has 4 nitrogen and oxygen atoms in total. The highest BCUT2D eigenvalue weighted by molar-refractivity contribution is 5.47. The van der Waals surface area contributed by atoms with E-state index in [1.807, 2.05) is 0 Å². The van der Waals surface area contributed by atoms with Crippen molar-refractivity contribution in [3.05, 3.63) is 30.3 Å². The van der Waals surface area contributed by atoms with Gasteiger partial charge in [0.15, 0.2) is 0 Å². The molecule has 1 aromatic carbocycles. The summed E-state index contributed by atoms with van der Waals surface area (Å²) in [5, 5.41) is 10.5. The molecule has 4 rings (SSSR count). The van der Waals surface area contributed by atoms with Crippen molar-refractivity contribution in [2.75, 3.05) is 31.1 Å². The van der Waals surface area contributed by atoms with Gasteiger partial charge in [-0.2, -0.15) is 0 Å². The molecule has 1 saturated carbocycles. The summed E-state index contributed by atoms with van der Waals surface area (Å²) in [5.41, 5.74) is 1.33. The topological polar surface area (TPSA) is 35.9 Å². The van der Waals surface area contributed by atoms with Crippen LogP contribution in [0, 0.1) is 0 Å². The summed E-state index contributed by atoms with van der Waals surface area (Å²) in [4.78, 5) is 5.07. The van der Waals surface area contributed by atoms with Gasteiger partial charge in [-0.25, -0.2) is 0 Å². The second-order valence-electron chi connectivity index (χ2n) is 8.07. The lowest BCUT2D eigenvalue weighted by molar-refractivity contribution is -0.0389. The van der Waals surface area contributed by atoms with Crippen LogP contribution in [0.1, 0.15) is 44.9 Å². The van der Waals surface area contributed by atoms with Crippen LogP contribution in [0.25, 0.3) is 0 Å². The van der Waals surface area contributed by atoms with Gasteiger partial charge in [-0.15, -0.1) is 0 Å². The van der Waals surface area contributed by atoms with Gasteiger partial charge in [0.25, 0.3) is 0 Å². The Morgan fingerprint density at radius 3 is 2.32 bits per heavy atom. The average Bonchev–Trinajstić information content (AvgIpc) is 2.89. The van der Waals surface area contributed by atoms with E-state index in [4.69, 9.17) is 4.74 Å². The van der Waals surface area contributed by atoms with E-state index in [2.05, 4.69) is 40.1 Å². The molecule has 4 heteroatoms. The molecule has 2 saturated heterocycles. The Kier molecular flexibility index (Phi) is 5.59. The fourth-order valence-corrected chi connectivity index (χ4v) is 4.91. The summed E-state index contributed by atoms with van der Waals surface area (Å²) in [6.45, 7) is 3.43. The number of aliphatic hydroxyl groups is 1. The summed E-state index contributed by atoms with van der Waals surface area (Å²) in [6, 6.07) is 11.9. The first kappa shape index (κ1) is 17.3. The van der Waals surface area contributed by atoms with Gasteiger partial charge in [-0.3, -0.25) is 4.90 Å². The van der Waals surface area contributed by atoms with Gasteiger partial charge in [0.2, 0.25) is 0 Å². The van der Waals surface area contributed by atoms with Crippen molar-refractivity contribution in [2.45, 2.75) is 69.2 Å². The number of rotatable bonds is 6. The highest BCUT2D eigenvalue weighted by atomic mass is 16.5. The van der Waals surface area contributed by atoms with E-state index in [0.29, 0.717) is 24.8 Å². The molecule has 25 heavy (non-hydrogen) atoms. The number of benzene rings is 1. The van der Waals surface area contributed by atoms with Crippen LogP contribution in [0.4, 0.5) is 5.69 Å². The fraction of sp³-hybridized carbons (Fsp3) is 0.714. The predicted octanol–water partition coefficient (Wildman–Crippen LogP) is 3.05. The van der Waals surface area contributed by atoms with Crippen molar-refractivity contribution < 1.29 is 9.84 Å². The number of ether oxygens (including phenoxy) is 1. The van der Waals surface area contributed by atoms with E-state index < -0.39 is 0 Å². The highest BCUT2D eigenvalue weighted by Gasteiger charge is 2.40. The molecule has 0 radical (unpaired) electrons. The minimum Gasteiger partial charge on any atom is -0.389 e. The van der Waals surface area contributed by atoms with Crippen LogP contribution >= 0.6 is 0 Å². The third-order valence-corrected chi connectivity index (χ3v) is 6.25. The molecule has 1 N–H and O–H groups in total. The number of nitrogens with zero attached hydrogens (tertiary/aromatic N) is 2. The van der Waals surface area contributed by atoms with Crippen LogP contribution in [0.5, 0.6) is 0 Å². The Hall–Kier alpha value is -1.10. The standard InChI is InChI=1S/C21H32N2O2/c24-20(16-25-21-9-5-2-6-10-21)15-23-18-11-12-19(23)14-22(13-18)17-7-3-1-4-8-17/h1,3-4,7-8,18-21,24H,2,5-6,9-16H2. The van der Waals surface area contributed by atoms with Gasteiger partial charge >= 0.3 is 0 Å². The van der Waals surface area contributed by atoms with Crippen LogP contribution in [0.2, 0.25) is 0 Å². The Balaban J connectivity index is 1.27. The second kappa shape index (κ2) is 8.07. The Morgan fingerprint density at radius 2 is 1.64 bits per heavy atom. The monoisotopic (exact) mass is 344 g/mol. The quantitative estimate of drug-likeness (QED) is 0.860. The van der Waals surface area contributed by atoms with Gasteiger partial charge in [0, 0.05) is 37.4 Å². The van der Waals surface area contributed by atoms with E-state index in [-0.39, 0.29) is 6.10 Å². The van der Waals surface area contributed by atoms with Gasteiger partial charge in [0.05, 0.1) is 18.8 Å². The van der Waals surface area contributed by atoms with Crippen molar-refractivity contribution in [1.29, 1.82) is 0 Å². The third-order valence-electron chi connectivity index (χ3n) is 6.25. The zero-order chi connectivity index (χ0) is 17.1. The number of anilines is 1. The third kappa shape index (κ3) is 4.18. The first-order valence-electron chi connectivity index (χ1n) is 10.1. The largest absolute Gasteiger partial charge is 0.389 e. The molecular weight excluding hydrogens is 312 g/mol. The SMILES string of the molecule is OC(COC1CCCCC1)CN1C2CCC1CN(c1ccccc1)C2. The minimum atomic E-state index is -0.353. The number of piperazine rings is 1. The summed E-state index contributed by atoms with van der Waals surface area (Å²) in [5.74, 6) is 0. The fourth-order valence-electron chi connectivity index (χ4n) is 4.91. The summed E-state index contributed by atoms with van der Waals surface area (Å²) in [6.07, 6.45) is 8.80. The number of hydrogen-bond acceptors (Lipinski definition) is 4. The summed E-state index contributed by atoms with van der Waals surface area (Å²) in [7, 11) is 0. The molecule has 3 unspecified atom stereocenters. The molecule has 0 spiro atoms. The van der Waals surface area contributed by atoms with Crippen LogP contribution in [0.3, 0.4) is 0 Å². The lowest BCUT2D eigenvalue weighted by atomic mass is 9.98. The van der Waals surface area contributed by atoms with Crippen LogP contribution in [-0.2, 0) is 4.74 Å². The molecule has 2 heterocycles. The van der Waals surface area contributed by atoms with Crippen molar-refractivity contribution in [2.24, 2.45) is 0 Å². The van der Waals surface area contributed by atoms with Gasteiger partial charge in [-0.1, -0.05) is 37.5 Å². The maximum absolute atomic E-state index is 10.5. The van der Waals surface area contributed by atoms with Crippen LogP contribution in [-0.4, -0.2) is 60.5 Å². The molecule has 2 bridgehead atoms. The van der Waals surface area contributed by atoms with Crippen molar-refractivity contribution in [3.63, 3.8) is 0 Å².